The Hall–Kier alpha value is -2.58. The Bertz CT molecular complexity index is 1140. The number of phenolic OH excluding ortho intramolecular Hbond substituents is 1. The van der Waals surface area contributed by atoms with Crippen molar-refractivity contribution < 1.29 is 29.0 Å². The summed E-state index contributed by atoms with van der Waals surface area (Å²) in [5.41, 5.74) is 1.13. The number of phenols is 1. The number of amides is 4. The summed E-state index contributed by atoms with van der Waals surface area (Å²) >= 11 is 14.0. The smallest absolute Gasteiger partial charge is 0.253 e. The largest absolute Gasteiger partial charge is 0.508 e. The van der Waals surface area contributed by atoms with Gasteiger partial charge in [0.1, 0.15) is 11.5 Å². The predicted molar refractivity (Wildman–Crippen MR) is 113 cm³/mol. The van der Waals surface area contributed by atoms with Gasteiger partial charge in [0.15, 0.2) is 9.75 Å². The molecule has 10 heteroatoms. The molecular weight excluding hydrogens is 459 g/mol. The number of halogens is 2. The van der Waals surface area contributed by atoms with E-state index in [1.165, 1.54) is 26.3 Å². The Labute approximate surface area is 193 Å². The molecule has 6 atom stereocenters. The first-order valence-electron chi connectivity index (χ1n) is 10.2. The molecule has 0 radical (unpaired) electrons. The van der Waals surface area contributed by atoms with Crippen molar-refractivity contribution >= 4 is 46.8 Å². The molecular formula is C22H20Cl2N2O6. The van der Waals surface area contributed by atoms with Gasteiger partial charge in [-0.25, -0.2) is 0 Å². The van der Waals surface area contributed by atoms with Crippen LogP contribution in [0.4, 0.5) is 0 Å². The van der Waals surface area contributed by atoms with Crippen molar-refractivity contribution in [3.05, 3.63) is 35.4 Å². The van der Waals surface area contributed by atoms with Gasteiger partial charge in [0, 0.05) is 24.6 Å². The molecule has 6 unspecified atom stereocenters. The number of benzene rings is 1. The van der Waals surface area contributed by atoms with Crippen LogP contribution in [0.2, 0.25) is 0 Å². The maximum atomic E-state index is 13.4. The molecule has 4 aliphatic rings. The van der Waals surface area contributed by atoms with Gasteiger partial charge in [-0.3, -0.25) is 29.4 Å². The number of likely N-dealkylation sites (tertiary alicyclic amines) is 1. The van der Waals surface area contributed by atoms with E-state index in [0.29, 0.717) is 17.6 Å². The van der Waals surface area contributed by atoms with Crippen molar-refractivity contribution in [1.82, 2.24) is 10.2 Å². The van der Waals surface area contributed by atoms with Gasteiger partial charge in [-0.15, -0.1) is 23.2 Å². The molecule has 2 heterocycles. The van der Waals surface area contributed by atoms with Crippen molar-refractivity contribution in [2.45, 2.75) is 28.5 Å². The molecule has 1 saturated carbocycles. The van der Waals surface area contributed by atoms with Crippen LogP contribution in [0.3, 0.4) is 0 Å². The summed E-state index contributed by atoms with van der Waals surface area (Å²) in [6, 6.07) is 4.39. The monoisotopic (exact) mass is 478 g/mol. The summed E-state index contributed by atoms with van der Waals surface area (Å²) in [5.74, 6) is -4.61. The van der Waals surface area contributed by atoms with Gasteiger partial charge in [-0.2, -0.15) is 0 Å². The highest BCUT2D eigenvalue weighted by molar-refractivity contribution is 6.53. The first-order chi connectivity index (χ1) is 15.1. The molecule has 1 aromatic carbocycles. The molecule has 0 aromatic heterocycles. The molecule has 0 bridgehead atoms. The predicted octanol–water partition coefficient (Wildman–Crippen LogP) is 1.68. The Morgan fingerprint density at radius 2 is 1.84 bits per heavy atom. The van der Waals surface area contributed by atoms with Crippen LogP contribution in [0.15, 0.2) is 29.8 Å². The van der Waals surface area contributed by atoms with E-state index >= 15 is 0 Å². The molecule has 168 valence electrons. The summed E-state index contributed by atoms with van der Waals surface area (Å²) < 4.78 is 5.47. The van der Waals surface area contributed by atoms with Gasteiger partial charge in [-0.1, -0.05) is 17.7 Å². The average Bonchev–Trinajstić information content (AvgIpc) is 3.12. The van der Waals surface area contributed by atoms with Crippen molar-refractivity contribution in [2.75, 3.05) is 14.2 Å². The van der Waals surface area contributed by atoms with E-state index in [1.54, 1.807) is 6.07 Å². The third-order valence-corrected chi connectivity index (χ3v) is 8.80. The fourth-order valence-electron chi connectivity index (χ4n) is 5.94. The maximum absolute atomic E-state index is 13.4. The zero-order valence-corrected chi connectivity index (χ0v) is 18.7. The molecule has 2 saturated heterocycles. The Kier molecular flexibility index (Phi) is 4.46. The summed E-state index contributed by atoms with van der Waals surface area (Å²) in [6.45, 7) is 0. The minimum absolute atomic E-state index is 0.0527. The summed E-state index contributed by atoms with van der Waals surface area (Å²) in [7, 11) is 2.74. The van der Waals surface area contributed by atoms with Crippen LogP contribution in [-0.2, 0) is 19.2 Å². The third-order valence-electron chi connectivity index (χ3n) is 7.39. The molecule has 1 aromatic rings. The fourth-order valence-corrected chi connectivity index (χ4v) is 6.95. The minimum atomic E-state index is -1.88. The highest BCUT2D eigenvalue weighted by Gasteiger charge is 2.75. The van der Waals surface area contributed by atoms with E-state index in [4.69, 9.17) is 27.9 Å². The van der Waals surface area contributed by atoms with E-state index in [0.717, 1.165) is 4.90 Å². The first-order valence-corrected chi connectivity index (χ1v) is 10.9. The number of aromatic hydroxyl groups is 1. The van der Waals surface area contributed by atoms with Gasteiger partial charge >= 0.3 is 0 Å². The highest BCUT2D eigenvalue weighted by atomic mass is 35.5. The van der Waals surface area contributed by atoms with Crippen molar-refractivity contribution in [3.8, 4) is 11.5 Å². The minimum Gasteiger partial charge on any atom is -0.508 e. The first kappa shape index (κ1) is 21.3. The molecule has 8 nitrogen and oxygen atoms in total. The molecule has 4 amide bonds. The van der Waals surface area contributed by atoms with Gasteiger partial charge < -0.3 is 9.84 Å². The van der Waals surface area contributed by atoms with Gasteiger partial charge in [0.2, 0.25) is 11.8 Å². The van der Waals surface area contributed by atoms with Crippen LogP contribution in [0, 0.1) is 17.8 Å². The van der Waals surface area contributed by atoms with Gasteiger partial charge in [0.05, 0.1) is 18.9 Å². The number of imide groups is 2. The summed E-state index contributed by atoms with van der Waals surface area (Å²) in [5, 5.41) is 12.3. The lowest BCUT2D eigenvalue weighted by atomic mass is 9.56. The number of ether oxygens (including phenoxy) is 1. The number of nitrogens with zero attached hydrogens (tertiary/aromatic N) is 1. The Balaban J connectivity index is 1.78. The molecule has 0 spiro atoms. The number of methoxy groups -OCH3 is 1. The molecule has 2 aliphatic heterocycles. The maximum Gasteiger partial charge on any atom is 0.253 e. The highest BCUT2D eigenvalue weighted by Crippen LogP contribution is 2.65. The average molecular weight is 479 g/mol. The lowest BCUT2D eigenvalue weighted by Gasteiger charge is -2.50. The third kappa shape index (κ3) is 2.39. The summed E-state index contributed by atoms with van der Waals surface area (Å²) in [4.78, 5) is 48.8. The zero-order valence-electron chi connectivity index (χ0n) is 17.2. The number of allylic oxidation sites excluding steroid dienone is 2. The number of rotatable bonds is 2. The summed E-state index contributed by atoms with van der Waals surface area (Å²) in [6.07, 6.45) is 2.07. The number of carbonyl (C=O) groups excluding carboxylic acids is 4. The molecule has 2 N–H and O–H groups in total. The van der Waals surface area contributed by atoms with E-state index in [1.807, 2.05) is 6.08 Å². The zero-order chi connectivity index (χ0) is 23.2. The quantitative estimate of drug-likeness (QED) is 0.379. The van der Waals surface area contributed by atoms with E-state index in [2.05, 4.69) is 5.32 Å². The normalized spacial score (nSPS) is 38.1. The fraction of sp³-hybridized carbons (Fsp3) is 0.455. The molecule has 2 aliphatic carbocycles. The number of nitrogens with one attached hydrogen (secondary N) is 1. The van der Waals surface area contributed by atoms with E-state index in [9.17, 15) is 24.3 Å². The second-order valence-electron chi connectivity index (χ2n) is 8.78. The topological polar surface area (TPSA) is 113 Å². The Morgan fingerprint density at radius 1 is 1.12 bits per heavy atom. The van der Waals surface area contributed by atoms with Crippen LogP contribution < -0.4 is 10.1 Å². The number of hydrogen-bond donors (Lipinski definition) is 2. The van der Waals surface area contributed by atoms with Crippen molar-refractivity contribution in [3.63, 3.8) is 0 Å². The number of fused-ring (bicyclic) bond motifs is 4. The van der Waals surface area contributed by atoms with Gasteiger partial charge in [-0.05, 0) is 24.8 Å². The van der Waals surface area contributed by atoms with Crippen molar-refractivity contribution in [1.29, 1.82) is 0 Å². The molecule has 32 heavy (non-hydrogen) atoms. The molecule has 3 fully saturated rings. The number of hydrogen-bond acceptors (Lipinski definition) is 6. The number of carbonyl (C=O) groups is 4. The van der Waals surface area contributed by atoms with Crippen LogP contribution in [0.1, 0.15) is 24.3 Å². The van der Waals surface area contributed by atoms with E-state index in [-0.39, 0.29) is 23.8 Å². The Morgan fingerprint density at radius 3 is 2.53 bits per heavy atom. The second-order valence-corrected chi connectivity index (χ2v) is 10.0. The van der Waals surface area contributed by atoms with Crippen LogP contribution in [0.25, 0.3) is 0 Å². The van der Waals surface area contributed by atoms with Crippen LogP contribution >= 0.6 is 23.2 Å². The van der Waals surface area contributed by atoms with Crippen molar-refractivity contribution in [2.24, 2.45) is 17.8 Å². The van der Waals surface area contributed by atoms with E-state index < -0.39 is 51.1 Å². The standard InChI is InChI=1S/C22H20Cl2N2O6/c1-26-19(30)21(23)8-13-10(5-6-12-15(13)18(29)25-17(12)28)16(22(21,24)20(26)31)11-4-3-9(27)7-14(11)32-2/h3-5,7,12-13,15-16,27H,6,8H2,1-2H3,(H,25,28,29). The SMILES string of the molecule is COc1cc(O)ccc1C1C2=CCC3C(=O)NC(=O)C3C2CC2(Cl)C(=O)N(C)C(=O)C12Cl. The van der Waals surface area contributed by atoms with Gasteiger partial charge in [0.25, 0.3) is 11.8 Å². The number of alkyl halides is 2. The van der Waals surface area contributed by atoms with Crippen LogP contribution in [0.5, 0.6) is 11.5 Å². The van der Waals surface area contributed by atoms with Crippen LogP contribution in [-0.4, -0.2) is 57.5 Å². The lowest BCUT2D eigenvalue weighted by molar-refractivity contribution is -0.138. The lowest BCUT2D eigenvalue weighted by Crippen LogP contribution is -2.60. The molecule has 5 rings (SSSR count). The second kappa shape index (κ2) is 6.71.